The van der Waals surface area contributed by atoms with Gasteiger partial charge in [0.25, 0.3) is 5.91 Å². The first-order valence-corrected chi connectivity index (χ1v) is 11.9. The highest BCUT2D eigenvalue weighted by Crippen LogP contribution is 2.55. The van der Waals surface area contributed by atoms with Gasteiger partial charge in [-0.05, 0) is 42.5 Å². The average molecular weight is 490 g/mol. The van der Waals surface area contributed by atoms with E-state index in [1.54, 1.807) is 68.8 Å². The fourth-order valence-electron chi connectivity index (χ4n) is 4.48. The molecule has 3 amide bonds. The molecule has 9 heteroatoms. The van der Waals surface area contributed by atoms with Crippen molar-refractivity contribution < 1.29 is 23.9 Å². The van der Waals surface area contributed by atoms with Crippen molar-refractivity contribution in [3.05, 3.63) is 78.4 Å². The van der Waals surface area contributed by atoms with Gasteiger partial charge in [-0.1, -0.05) is 24.3 Å². The second-order valence-electron chi connectivity index (χ2n) is 8.05. The van der Waals surface area contributed by atoms with Gasteiger partial charge in [-0.2, -0.15) is 0 Å². The standard InChI is InChI=1S/C26H23N3O5S/c1-33-19-12-10-17(11-13-19)27-23(30)15-28-22-9-4-3-8-21(22)26(25(28)32)29(24(31)16-35-26)18-6-5-7-20(14-18)34-2/h3-14H,15-16H2,1-2H3,(H,27,30)/t26-/m1/s1. The summed E-state index contributed by atoms with van der Waals surface area (Å²) in [6, 6.07) is 21.3. The van der Waals surface area contributed by atoms with Gasteiger partial charge in [0, 0.05) is 23.0 Å². The highest BCUT2D eigenvalue weighted by molar-refractivity contribution is 8.02. The summed E-state index contributed by atoms with van der Waals surface area (Å²) in [6.45, 7) is -0.190. The zero-order valence-corrected chi connectivity index (χ0v) is 20.0. The summed E-state index contributed by atoms with van der Waals surface area (Å²) in [6.07, 6.45) is 0. The minimum absolute atomic E-state index is 0.142. The number of nitrogens with zero attached hydrogens (tertiary/aromatic N) is 2. The number of hydrogen-bond acceptors (Lipinski definition) is 6. The van der Waals surface area contributed by atoms with Gasteiger partial charge in [0.15, 0.2) is 0 Å². The number of fused-ring (bicyclic) bond motifs is 2. The summed E-state index contributed by atoms with van der Waals surface area (Å²) in [5, 5.41) is 2.82. The zero-order valence-electron chi connectivity index (χ0n) is 19.2. The van der Waals surface area contributed by atoms with E-state index in [1.807, 2.05) is 18.2 Å². The molecule has 0 unspecified atom stereocenters. The SMILES string of the molecule is COc1ccc(NC(=O)CN2C(=O)[C@]3(SCC(=O)N3c3cccc(OC)c3)c3ccccc32)cc1. The van der Waals surface area contributed by atoms with Crippen molar-refractivity contribution in [1.82, 2.24) is 0 Å². The number of hydrogen-bond donors (Lipinski definition) is 1. The number of ether oxygens (including phenoxy) is 2. The fraction of sp³-hybridized carbons (Fsp3) is 0.192. The number of amides is 3. The Kier molecular flexibility index (Phi) is 5.86. The van der Waals surface area contributed by atoms with Crippen molar-refractivity contribution in [3.8, 4) is 11.5 Å². The van der Waals surface area contributed by atoms with Crippen LogP contribution in [0.2, 0.25) is 0 Å². The normalized spacial score (nSPS) is 18.7. The van der Waals surface area contributed by atoms with Crippen LogP contribution in [0.5, 0.6) is 11.5 Å². The summed E-state index contributed by atoms with van der Waals surface area (Å²) >= 11 is 1.27. The molecule has 2 heterocycles. The van der Waals surface area contributed by atoms with E-state index >= 15 is 0 Å². The minimum atomic E-state index is -1.29. The molecule has 0 saturated carbocycles. The molecule has 1 saturated heterocycles. The van der Waals surface area contributed by atoms with Crippen LogP contribution in [-0.4, -0.2) is 44.2 Å². The fourth-order valence-corrected chi connectivity index (χ4v) is 5.84. The van der Waals surface area contributed by atoms with E-state index in [2.05, 4.69) is 5.32 Å². The van der Waals surface area contributed by atoms with Crippen LogP contribution >= 0.6 is 11.8 Å². The molecule has 3 aromatic rings. The number of methoxy groups -OCH3 is 2. The Morgan fingerprint density at radius 1 is 0.971 bits per heavy atom. The number of nitrogens with one attached hydrogen (secondary N) is 1. The molecular weight excluding hydrogens is 466 g/mol. The summed E-state index contributed by atoms with van der Waals surface area (Å²) in [5.74, 6) is 0.533. The minimum Gasteiger partial charge on any atom is -0.497 e. The Bertz CT molecular complexity index is 1310. The maximum Gasteiger partial charge on any atom is 0.269 e. The highest BCUT2D eigenvalue weighted by Gasteiger charge is 2.61. The van der Waals surface area contributed by atoms with Crippen LogP contribution < -0.4 is 24.6 Å². The van der Waals surface area contributed by atoms with Gasteiger partial charge in [-0.25, -0.2) is 0 Å². The van der Waals surface area contributed by atoms with Crippen LogP contribution in [-0.2, 0) is 19.3 Å². The van der Waals surface area contributed by atoms with E-state index in [0.29, 0.717) is 34.1 Å². The third kappa shape index (κ3) is 3.77. The predicted octanol–water partition coefficient (Wildman–Crippen LogP) is 3.62. The quantitative estimate of drug-likeness (QED) is 0.569. The molecule has 1 N–H and O–H groups in total. The number of rotatable bonds is 6. The molecule has 0 aromatic heterocycles. The van der Waals surface area contributed by atoms with Gasteiger partial charge in [0.2, 0.25) is 16.7 Å². The Labute approximate surface area is 206 Å². The van der Waals surface area contributed by atoms with Crippen LogP contribution in [0.3, 0.4) is 0 Å². The van der Waals surface area contributed by atoms with E-state index in [4.69, 9.17) is 9.47 Å². The van der Waals surface area contributed by atoms with Crippen LogP contribution in [0.25, 0.3) is 0 Å². The van der Waals surface area contributed by atoms with Crippen LogP contribution in [0, 0.1) is 0 Å². The summed E-state index contributed by atoms with van der Waals surface area (Å²) in [5.41, 5.74) is 2.44. The number of para-hydroxylation sites is 1. The molecule has 1 fully saturated rings. The molecule has 35 heavy (non-hydrogen) atoms. The molecule has 5 rings (SSSR count). The smallest absolute Gasteiger partial charge is 0.269 e. The average Bonchev–Trinajstić information content (AvgIpc) is 3.35. The lowest BCUT2D eigenvalue weighted by Gasteiger charge is -2.33. The Hall–Kier alpha value is -3.98. The summed E-state index contributed by atoms with van der Waals surface area (Å²) in [7, 11) is 3.12. The molecule has 1 spiro atoms. The lowest BCUT2D eigenvalue weighted by atomic mass is 10.0. The van der Waals surface area contributed by atoms with Crippen LogP contribution in [0.4, 0.5) is 17.1 Å². The number of thioether (sulfide) groups is 1. The van der Waals surface area contributed by atoms with Gasteiger partial charge in [-0.3, -0.25) is 24.2 Å². The molecular formula is C26H23N3O5S. The monoisotopic (exact) mass is 489 g/mol. The number of carbonyl (C=O) groups is 3. The van der Waals surface area contributed by atoms with Gasteiger partial charge in [0.1, 0.15) is 18.0 Å². The van der Waals surface area contributed by atoms with Gasteiger partial charge < -0.3 is 14.8 Å². The number of anilines is 3. The molecule has 0 radical (unpaired) electrons. The first-order chi connectivity index (χ1) is 17.0. The molecule has 3 aromatic carbocycles. The van der Waals surface area contributed by atoms with Crippen molar-refractivity contribution >= 4 is 46.5 Å². The lowest BCUT2D eigenvalue weighted by Crippen LogP contribution is -2.50. The van der Waals surface area contributed by atoms with E-state index in [9.17, 15) is 14.4 Å². The predicted molar refractivity (Wildman–Crippen MR) is 135 cm³/mol. The van der Waals surface area contributed by atoms with Crippen LogP contribution in [0.15, 0.2) is 72.8 Å². The summed E-state index contributed by atoms with van der Waals surface area (Å²) in [4.78, 5) is 41.8. The number of carbonyl (C=O) groups excluding carboxylic acids is 3. The Morgan fingerprint density at radius 3 is 2.46 bits per heavy atom. The second-order valence-corrected chi connectivity index (χ2v) is 9.22. The van der Waals surface area contributed by atoms with Gasteiger partial charge >= 0.3 is 0 Å². The zero-order chi connectivity index (χ0) is 24.6. The topological polar surface area (TPSA) is 88.2 Å². The maximum absolute atomic E-state index is 14.0. The number of benzene rings is 3. The maximum atomic E-state index is 14.0. The van der Waals surface area contributed by atoms with Crippen molar-refractivity contribution in [2.75, 3.05) is 41.6 Å². The van der Waals surface area contributed by atoms with Crippen molar-refractivity contribution in [2.45, 2.75) is 4.87 Å². The van der Waals surface area contributed by atoms with Gasteiger partial charge in [-0.15, -0.1) is 11.8 Å². The largest absolute Gasteiger partial charge is 0.497 e. The van der Waals surface area contributed by atoms with Crippen LogP contribution in [0.1, 0.15) is 5.56 Å². The van der Waals surface area contributed by atoms with Crippen molar-refractivity contribution in [2.24, 2.45) is 0 Å². The Balaban J connectivity index is 1.49. The van der Waals surface area contributed by atoms with Crippen molar-refractivity contribution in [1.29, 1.82) is 0 Å². The molecule has 1 atom stereocenters. The highest BCUT2D eigenvalue weighted by atomic mass is 32.2. The first-order valence-electron chi connectivity index (χ1n) is 10.9. The first kappa shape index (κ1) is 22.8. The molecule has 0 aliphatic carbocycles. The Morgan fingerprint density at radius 2 is 1.71 bits per heavy atom. The van der Waals surface area contributed by atoms with E-state index < -0.39 is 4.87 Å². The van der Waals surface area contributed by atoms with E-state index in [-0.39, 0.29) is 30.0 Å². The lowest BCUT2D eigenvalue weighted by molar-refractivity contribution is -0.124. The summed E-state index contributed by atoms with van der Waals surface area (Å²) < 4.78 is 10.5. The van der Waals surface area contributed by atoms with Gasteiger partial charge in [0.05, 0.1) is 25.7 Å². The third-order valence-corrected chi connectivity index (χ3v) is 7.44. The molecule has 2 aliphatic heterocycles. The second kappa shape index (κ2) is 8.99. The molecule has 8 nitrogen and oxygen atoms in total. The molecule has 178 valence electrons. The molecule has 0 bridgehead atoms. The molecule has 2 aliphatic rings. The van der Waals surface area contributed by atoms with Crippen molar-refractivity contribution in [3.63, 3.8) is 0 Å². The van der Waals surface area contributed by atoms with E-state index in [0.717, 1.165) is 0 Å². The third-order valence-electron chi connectivity index (χ3n) is 6.05. The van der Waals surface area contributed by atoms with E-state index in [1.165, 1.54) is 21.6 Å².